The zero-order chi connectivity index (χ0) is 16.4. The van der Waals surface area contributed by atoms with Crippen LogP contribution >= 0.6 is 0 Å². The third-order valence-electron chi connectivity index (χ3n) is 2.67. The van der Waals surface area contributed by atoms with Gasteiger partial charge in [-0.2, -0.15) is 0 Å². The average molecular weight is 314 g/mol. The van der Waals surface area contributed by atoms with E-state index in [1.165, 1.54) is 39.4 Å². The predicted octanol–water partition coefficient (Wildman–Crippen LogP) is 1.47. The van der Waals surface area contributed by atoms with Gasteiger partial charge >= 0.3 is 0 Å². The Balaban J connectivity index is 3.33. The maximum Gasteiger partial charge on any atom is 0.251 e. The Kier molecular flexibility index (Phi) is 5.01. The van der Waals surface area contributed by atoms with Crippen LogP contribution in [0.5, 0.6) is 5.75 Å². The van der Waals surface area contributed by atoms with E-state index in [4.69, 9.17) is 4.74 Å². The van der Waals surface area contributed by atoms with Gasteiger partial charge in [-0.05, 0) is 39.0 Å². The normalized spacial score (nSPS) is 12.3. The zero-order valence-corrected chi connectivity index (χ0v) is 14.0. The minimum absolute atomic E-state index is 0.0310. The monoisotopic (exact) mass is 314 g/mol. The second kappa shape index (κ2) is 6.03. The van der Waals surface area contributed by atoms with Crippen molar-refractivity contribution < 1.29 is 17.9 Å². The molecule has 0 aromatic heterocycles. The van der Waals surface area contributed by atoms with E-state index in [2.05, 4.69) is 5.32 Å². The van der Waals surface area contributed by atoms with E-state index in [1.54, 1.807) is 0 Å². The molecule has 0 atom stereocenters. The molecule has 0 saturated carbocycles. The highest BCUT2D eigenvalue weighted by Gasteiger charge is 2.24. The Hall–Kier alpha value is -1.60. The molecule has 21 heavy (non-hydrogen) atoms. The molecular formula is C14H22N2O4S. The van der Waals surface area contributed by atoms with Gasteiger partial charge in [0.1, 0.15) is 10.6 Å². The number of hydrogen-bond acceptors (Lipinski definition) is 4. The predicted molar refractivity (Wildman–Crippen MR) is 81.1 cm³/mol. The summed E-state index contributed by atoms with van der Waals surface area (Å²) in [7, 11) is 0.551. The van der Waals surface area contributed by atoms with Gasteiger partial charge in [-0.25, -0.2) is 12.7 Å². The van der Waals surface area contributed by atoms with Crippen molar-refractivity contribution in [1.82, 2.24) is 9.62 Å². The molecule has 0 spiro atoms. The Labute approximate surface area is 126 Å². The highest BCUT2D eigenvalue weighted by Crippen LogP contribution is 2.27. The van der Waals surface area contributed by atoms with Crippen LogP contribution < -0.4 is 10.1 Å². The number of nitrogens with zero attached hydrogens (tertiary/aromatic N) is 1. The third kappa shape index (κ3) is 4.18. The van der Waals surface area contributed by atoms with Crippen molar-refractivity contribution in [2.75, 3.05) is 21.2 Å². The largest absolute Gasteiger partial charge is 0.495 e. The smallest absolute Gasteiger partial charge is 0.251 e. The summed E-state index contributed by atoms with van der Waals surface area (Å²) in [5, 5.41) is 2.79. The van der Waals surface area contributed by atoms with E-state index >= 15 is 0 Å². The summed E-state index contributed by atoms with van der Waals surface area (Å²) in [5.41, 5.74) is -0.136. The maximum atomic E-state index is 12.3. The molecule has 1 rings (SSSR count). The fraction of sp³-hybridized carbons (Fsp3) is 0.500. The summed E-state index contributed by atoms with van der Waals surface area (Å²) >= 11 is 0. The van der Waals surface area contributed by atoms with Crippen LogP contribution in [-0.4, -0.2) is 45.4 Å². The summed E-state index contributed by atoms with van der Waals surface area (Å²) in [6.07, 6.45) is 0. The highest BCUT2D eigenvalue weighted by molar-refractivity contribution is 7.89. The van der Waals surface area contributed by atoms with Gasteiger partial charge in [0.15, 0.2) is 0 Å². The summed E-state index contributed by atoms with van der Waals surface area (Å²) in [5.74, 6) is -0.128. The first-order chi connectivity index (χ1) is 9.49. The van der Waals surface area contributed by atoms with Crippen molar-refractivity contribution in [3.63, 3.8) is 0 Å². The number of nitrogens with one attached hydrogen (secondary N) is 1. The lowest BCUT2D eigenvalue weighted by atomic mass is 10.1. The van der Waals surface area contributed by atoms with Gasteiger partial charge in [0.05, 0.1) is 7.11 Å². The number of benzene rings is 1. The van der Waals surface area contributed by atoms with Crippen molar-refractivity contribution in [1.29, 1.82) is 0 Å². The molecule has 0 aliphatic rings. The number of sulfonamides is 1. The third-order valence-corrected chi connectivity index (χ3v) is 4.51. The summed E-state index contributed by atoms with van der Waals surface area (Å²) in [4.78, 5) is 12.1. The van der Waals surface area contributed by atoms with E-state index in [-0.39, 0.29) is 22.1 Å². The van der Waals surface area contributed by atoms with E-state index in [0.29, 0.717) is 0 Å². The van der Waals surface area contributed by atoms with E-state index in [0.717, 1.165) is 4.31 Å². The van der Waals surface area contributed by atoms with Gasteiger partial charge in [0.2, 0.25) is 10.0 Å². The number of carbonyl (C=O) groups excluding carboxylic acids is 1. The number of rotatable bonds is 4. The van der Waals surface area contributed by atoms with Crippen LogP contribution in [0.15, 0.2) is 23.1 Å². The number of carbonyl (C=O) groups is 1. The van der Waals surface area contributed by atoms with E-state index < -0.39 is 15.6 Å². The van der Waals surface area contributed by atoms with Gasteiger partial charge in [0.25, 0.3) is 5.91 Å². The first-order valence-electron chi connectivity index (χ1n) is 6.42. The second-order valence-electron chi connectivity index (χ2n) is 5.86. The Morgan fingerprint density at radius 1 is 1.24 bits per heavy atom. The molecule has 1 amide bonds. The van der Waals surface area contributed by atoms with Crippen molar-refractivity contribution >= 4 is 15.9 Å². The van der Waals surface area contributed by atoms with Crippen molar-refractivity contribution in [2.45, 2.75) is 31.2 Å². The molecule has 0 aliphatic heterocycles. The SMILES string of the molecule is COc1ccc(C(=O)NC(C)(C)C)cc1S(=O)(=O)N(C)C. The summed E-state index contributed by atoms with van der Waals surface area (Å²) < 4.78 is 30.7. The molecule has 6 nitrogen and oxygen atoms in total. The second-order valence-corrected chi connectivity index (χ2v) is 7.98. The van der Waals surface area contributed by atoms with E-state index in [9.17, 15) is 13.2 Å². The molecular weight excluding hydrogens is 292 g/mol. The molecule has 0 aliphatic carbocycles. The fourth-order valence-corrected chi connectivity index (χ4v) is 2.70. The van der Waals surface area contributed by atoms with Crippen molar-refractivity contribution in [3.8, 4) is 5.75 Å². The molecule has 0 unspecified atom stereocenters. The molecule has 0 heterocycles. The lowest BCUT2D eigenvalue weighted by molar-refractivity contribution is 0.0919. The highest BCUT2D eigenvalue weighted by atomic mass is 32.2. The van der Waals surface area contributed by atoms with Crippen LogP contribution in [-0.2, 0) is 10.0 Å². The van der Waals surface area contributed by atoms with Crippen LogP contribution in [0.1, 0.15) is 31.1 Å². The Morgan fingerprint density at radius 2 is 1.81 bits per heavy atom. The number of methoxy groups -OCH3 is 1. The molecule has 0 bridgehead atoms. The number of amides is 1. The lowest BCUT2D eigenvalue weighted by Crippen LogP contribution is -2.40. The maximum absolute atomic E-state index is 12.3. The van der Waals surface area contributed by atoms with Gasteiger partial charge < -0.3 is 10.1 Å². The first kappa shape index (κ1) is 17.5. The molecule has 0 fully saturated rings. The van der Waals surface area contributed by atoms with Gasteiger partial charge in [-0.1, -0.05) is 0 Å². The molecule has 1 aromatic carbocycles. The minimum atomic E-state index is -3.69. The molecule has 1 N–H and O–H groups in total. The lowest BCUT2D eigenvalue weighted by Gasteiger charge is -2.21. The van der Waals surface area contributed by atoms with Crippen LogP contribution in [0, 0.1) is 0 Å². The molecule has 0 saturated heterocycles. The van der Waals surface area contributed by atoms with Crippen molar-refractivity contribution in [2.24, 2.45) is 0 Å². The van der Waals surface area contributed by atoms with Gasteiger partial charge in [-0.3, -0.25) is 4.79 Å². The molecule has 118 valence electrons. The van der Waals surface area contributed by atoms with Crippen molar-refractivity contribution in [3.05, 3.63) is 23.8 Å². The molecule has 7 heteroatoms. The minimum Gasteiger partial charge on any atom is -0.495 e. The number of ether oxygens (including phenoxy) is 1. The topological polar surface area (TPSA) is 75.7 Å². The number of hydrogen-bond donors (Lipinski definition) is 1. The van der Waals surface area contributed by atoms with Crippen LogP contribution in [0.4, 0.5) is 0 Å². The zero-order valence-electron chi connectivity index (χ0n) is 13.2. The quantitative estimate of drug-likeness (QED) is 0.913. The van der Waals surface area contributed by atoms with Gasteiger partial charge in [-0.15, -0.1) is 0 Å². The first-order valence-corrected chi connectivity index (χ1v) is 7.86. The van der Waals surface area contributed by atoms with Crippen LogP contribution in [0.3, 0.4) is 0 Å². The average Bonchev–Trinajstić information content (AvgIpc) is 2.35. The Bertz CT molecular complexity index is 631. The fourth-order valence-electron chi connectivity index (χ4n) is 1.63. The molecule has 0 radical (unpaired) electrons. The van der Waals surface area contributed by atoms with E-state index in [1.807, 2.05) is 20.8 Å². The van der Waals surface area contributed by atoms with Crippen LogP contribution in [0.2, 0.25) is 0 Å². The summed E-state index contributed by atoms with van der Waals surface area (Å²) in [6.45, 7) is 5.56. The van der Waals surface area contributed by atoms with Gasteiger partial charge in [0, 0.05) is 25.2 Å². The van der Waals surface area contributed by atoms with Crippen LogP contribution in [0.25, 0.3) is 0 Å². The standard InChI is InChI=1S/C14H22N2O4S/c1-14(2,3)15-13(17)10-7-8-11(20-6)12(9-10)21(18,19)16(4)5/h7-9H,1-6H3,(H,15,17). The Morgan fingerprint density at radius 3 is 2.24 bits per heavy atom. The molecule has 1 aromatic rings. The summed E-state index contributed by atoms with van der Waals surface area (Å²) in [6, 6.07) is 4.35.